The standard InChI is InChI=1S/C21H22N2O7S/c1-4-19(24)23-10-9-13-11-15(6-8-18(13)23)31(27,28)22-17-12-14(20(25)29-2)5-7-16(17)21(26)30-3/h5-8,11-12,22H,4,9-10H2,1-3H3. The highest BCUT2D eigenvalue weighted by molar-refractivity contribution is 7.92. The van der Waals surface area contributed by atoms with Crippen molar-refractivity contribution in [3.8, 4) is 0 Å². The van der Waals surface area contributed by atoms with Crippen molar-refractivity contribution in [2.45, 2.75) is 24.7 Å². The molecule has 1 N–H and O–H groups in total. The number of carbonyl (C=O) groups is 3. The second kappa shape index (κ2) is 8.76. The normalized spacial score (nSPS) is 12.8. The monoisotopic (exact) mass is 446 g/mol. The summed E-state index contributed by atoms with van der Waals surface area (Å²) in [6, 6.07) is 8.33. The highest BCUT2D eigenvalue weighted by Gasteiger charge is 2.27. The van der Waals surface area contributed by atoms with Crippen LogP contribution in [0.3, 0.4) is 0 Å². The number of nitrogens with zero attached hydrogens (tertiary/aromatic N) is 1. The van der Waals surface area contributed by atoms with Gasteiger partial charge in [-0.25, -0.2) is 18.0 Å². The van der Waals surface area contributed by atoms with E-state index in [4.69, 9.17) is 4.74 Å². The van der Waals surface area contributed by atoms with Crippen molar-refractivity contribution >= 4 is 39.2 Å². The van der Waals surface area contributed by atoms with E-state index in [1.165, 1.54) is 44.6 Å². The summed E-state index contributed by atoms with van der Waals surface area (Å²) in [5, 5.41) is 0. The van der Waals surface area contributed by atoms with Crippen LogP contribution in [0.15, 0.2) is 41.3 Å². The molecular weight excluding hydrogens is 424 g/mol. The van der Waals surface area contributed by atoms with Gasteiger partial charge in [-0.3, -0.25) is 9.52 Å². The predicted molar refractivity (Wildman–Crippen MR) is 113 cm³/mol. The zero-order valence-electron chi connectivity index (χ0n) is 17.3. The molecule has 164 valence electrons. The van der Waals surface area contributed by atoms with Crippen molar-refractivity contribution < 1.29 is 32.3 Å². The van der Waals surface area contributed by atoms with E-state index in [1.807, 2.05) is 0 Å². The molecule has 9 nitrogen and oxygen atoms in total. The summed E-state index contributed by atoms with van der Waals surface area (Å²) in [6.45, 7) is 2.26. The molecule has 0 aromatic heterocycles. The second-order valence-electron chi connectivity index (χ2n) is 6.79. The molecule has 0 saturated carbocycles. The van der Waals surface area contributed by atoms with Gasteiger partial charge in [0.1, 0.15) is 0 Å². The average molecular weight is 446 g/mol. The lowest BCUT2D eigenvalue weighted by Gasteiger charge is -2.17. The highest BCUT2D eigenvalue weighted by atomic mass is 32.2. The number of carbonyl (C=O) groups excluding carboxylic acids is 3. The van der Waals surface area contributed by atoms with Crippen LogP contribution < -0.4 is 9.62 Å². The van der Waals surface area contributed by atoms with Crippen LogP contribution in [-0.4, -0.2) is 47.0 Å². The molecule has 0 saturated heterocycles. The molecule has 0 radical (unpaired) electrons. The minimum Gasteiger partial charge on any atom is -0.465 e. The maximum absolute atomic E-state index is 13.0. The van der Waals surface area contributed by atoms with Crippen LogP contribution in [0.25, 0.3) is 0 Å². The van der Waals surface area contributed by atoms with Crippen molar-refractivity contribution in [3.63, 3.8) is 0 Å². The number of benzene rings is 2. The Hall–Kier alpha value is -3.40. The lowest BCUT2D eigenvalue weighted by Crippen LogP contribution is -2.27. The van der Waals surface area contributed by atoms with Gasteiger partial charge < -0.3 is 14.4 Å². The molecule has 3 rings (SSSR count). The molecule has 1 aliphatic heterocycles. The highest BCUT2D eigenvalue weighted by Crippen LogP contribution is 2.31. The lowest BCUT2D eigenvalue weighted by molar-refractivity contribution is -0.118. The van der Waals surface area contributed by atoms with Crippen LogP contribution in [-0.2, 0) is 30.7 Å². The summed E-state index contributed by atoms with van der Waals surface area (Å²) in [5.41, 5.74) is 1.32. The van der Waals surface area contributed by atoms with E-state index in [9.17, 15) is 22.8 Å². The number of amides is 1. The molecule has 2 aromatic carbocycles. The number of rotatable bonds is 6. The molecule has 2 aromatic rings. The van der Waals surface area contributed by atoms with Gasteiger partial charge in [0.25, 0.3) is 10.0 Å². The number of nitrogens with one attached hydrogen (secondary N) is 1. The van der Waals surface area contributed by atoms with Gasteiger partial charge >= 0.3 is 11.9 Å². The first-order valence-corrected chi connectivity index (χ1v) is 11.0. The van der Waals surface area contributed by atoms with Crippen molar-refractivity contribution in [1.29, 1.82) is 0 Å². The van der Waals surface area contributed by atoms with Gasteiger partial charge in [0.15, 0.2) is 0 Å². The number of esters is 2. The largest absolute Gasteiger partial charge is 0.465 e. The van der Waals surface area contributed by atoms with Crippen LogP contribution in [0, 0.1) is 0 Å². The topological polar surface area (TPSA) is 119 Å². The van der Waals surface area contributed by atoms with Crippen molar-refractivity contribution in [1.82, 2.24) is 0 Å². The van der Waals surface area contributed by atoms with E-state index >= 15 is 0 Å². The predicted octanol–water partition coefficient (Wildman–Crippen LogP) is 2.36. The minimum atomic E-state index is -4.10. The van der Waals surface area contributed by atoms with Crippen LogP contribution in [0.1, 0.15) is 39.6 Å². The SMILES string of the molecule is CCC(=O)N1CCc2cc(S(=O)(=O)Nc3cc(C(=O)OC)ccc3C(=O)OC)ccc21. The van der Waals surface area contributed by atoms with Crippen molar-refractivity contribution in [3.05, 3.63) is 53.1 Å². The molecule has 1 heterocycles. The smallest absolute Gasteiger partial charge is 0.339 e. The molecule has 31 heavy (non-hydrogen) atoms. The number of hydrogen-bond donors (Lipinski definition) is 1. The summed E-state index contributed by atoms with van der Waals surface area (Å²) in [7, 11) is -1.75. The summed E-state index contributed by atoms with van der Waals surface area (Å²) >= 11 is 0. The van der Waals surface area contributed by atoms with Crippen LogP contribution in [0.5, 0.6) is 0 Å². The first-order valence-electron chi connectivity index (χ1n) is 9.48. The molecule has 0 bridgehead atoms. The fraction of sp³-hybridized carbons (Fsp3) is 0.286. The van der Waals surface area contributed by atoms with Gasteiger partial charge in [-0.2, -0.15) is 0 Å². The molecule has 1 amide bonds. The maximum Gasteiger partial charge on any atom is 0.339 e. The number of ether oxygens (including phenoxy) is 2. The van der Waals surface area contributed by atoms with E-state index in [-0.39, 0.29) is 27.6 Å². The fourth-order valence-electron chi connectivity index (χ4n) is 3.36. The van der Waals surface area contributed by atoms with Crippen molar-refractivity contribution in [2.24, 2.45) is 0 Å². The molecule has 1 aliphatic rings. The third-order valence-electron chi connectivity index (χ3n) is 4.95. The zero-order valence-corrected chi connectivity index (χ0v) is 18.1. The number of anilines is 2. The van der Waals surface area contributed by atoms with E-state index in [1.54, 1.807) is 17.9 Å². The van der Waals surface area contributed by atoms with E-state index in [0.717, 1.165) is 5.56 Å². The summed E-state index contributed by atoms with van der Waals surface area (Å²) < 4.78 is 37.8. The molecule has 0 atom stereocenters. The molecule has 0 fully saturated rings. The summed E-state index contributed by atoms with van der Waals surface area (Å²) in [4.78, 5) is 37.6. The third-order valence-corrected chi connectivity index (χ3v) is 6.31. The van der Waals surface area contributed by atoms with Gasteiger partial charge in [0, 0.05) is 18.7 Å². The molecule has 0 aliphatic carbocycles. The lowest BCUT2D eigenvalue weighted by atomic mass is 10.1. The Morgan fingerprint density at radius 3 is 2.39 bits per heavy atom. The van der Waals surface area contributed by atoms with Gasteiger partial charge in [-0.1, -0.05) is 6.92 Å². The first-order chi connectivity index (χ1) is 14.7. The van der Waals surface area contributed by atoms with Crippen molar-refractivity contribution in [2.75, 3.05) is 30.4 Å². The molecular formula is C21H22N2O7S. The molecule has 0 unspecified atom stereocenters. The zero-order chi connectivity index (χ0) is 22.8. The number of fused-ring (bicyclic) bond motifs is 1. The summed E-state index contributed by atoms with van der Waals surface area (Å²) in [6.07, 6.45) is 0.892. The fourth-order valence-corrected chi connectivity index (χ4v) is 4.48. The van der Waals surface area contributed by atoms with Crippen LogP contribution in [0.2, 0.25) is 0 Å². The number of hydrogen-bond acceptors (Lipinski definition) is 7. The number of sulfonamides is 1. The Balaban J connectivity index is 1.98. The van der Waals surface area contributed by atoms with E-state index < -0.39 is 22.0 Å². The quantitative estimate of drug-likeness (QED) is 0.677. The van der Waals surface area contributed by atoms with Gasteiger partial charge in [-0.15, -0.1) is 0 Å². The molecule has 0 spiro atoms. The third kappa shape index (κ3) is 4.38. The van der Waals surface area contributed by atoms with Crippen LogP contribution in [0.4, 0.5) is 11.4 Å². The van der Waals surface area contributed by atoms with E-state index in [2.05, 4.69) is 9.46 Å². The summed E-state index contributed by atoms with van der Waals surface area (Å²) in [5.74, 6) is -1.48. The Bertz CT molecular complexity index is 1160. The molecule has 10 heteroatoms. The van der Waals surface area contributed by atoms with Gasteiger partial charge in [-0.05, 0) is 48.4 Å². The Morgan fingerprint density at radius 2 is 1.74 bits per heavy atom. The Labute approximate surface area is 180 Å². The minimum absolute atomic E-state index is 0.0312. The second-order valence-corrected chi connectivity index (χ2v) is 8.47. The first kappa shape index (κ1) is 22.3. The van der Waals surface area contributed by atoms with Crippen LogP contribution >= 0.6 is 0 Å². The van der Waals surface area contributed by atoms with Gasteiger partial charge in [0.2, 0.25) is 5.91 Å². The Kier molecular flexibility index (Phi) is 6.30. The average Bonchev–Trinajstić information content (AvgIpc) is 3.20. The van der Waals surface area contributed by atoms with Gasteiger partial charge in [0.05, 0.1) is 35.9 Å². The Morgan fingerprint density at radius 1 is 1.03 bits per heavy atom. The number of methoxy groups -OCH3 is 2. The van der Waals surface area contributed by atoms with E-state index in [0.29, 0.717) is 25.1 Å². The maximum atomic E-state index is 13.0.